The molecule has 2 aromatic carbocycles. The maximum atomic E-state index is 12.4. The third-order valence-electron chi connectivity index (χ3n) is 5.57. The maximum absolute atomic E-state index is 12.4. The average Bonchev–Trinajstić information content (AvgIpc) is 3.25. The van der Waals surface area contributed by atoms with Gasteiger partial charge in [0, 0.05) is 40.7 Å². The Morgan fingerprint density at radius 2 is 1.79 bits per heavy atom. The van der Waals surface area contributed by atoms with E-state index in [0.29, 0.717) is 0 Å². The van der Waals surface area contributed by atoms with Gasteiger partial charge >= 0.3 is 0 Å². The molecule has 0 aliphatic carbocycles. The van der Waals surface area contributed by atoms with Crippen LogP contribution < -0.4 is 4.72 Å². The molecule has 2 heterocycles. The molecule has 0 bridgehead atoms. The molecule has 148 valence electrons. The highest BCUT2D eigenvalue weighted by Gasteiger charge is 2.35. The molecule has 4 nitrogen and oxygen atoms in total. The highest BCUT2D eigenvalue weighted by Crippen LogP contribution is 2.35. The average molecular weight is 415 g/mol. The fourth-order valence-corrected chi connectivity index (χ4v) is 5.82. The van der Waals surface area contributed by atoms with Crippen LogP contribution in [0, 0.1) is 0 Å². The van der Waals surface area contributed by atoms with Crippen molar-refractivity contribution in [2.24, 2.45) is 0 Å². The zero-order valence-corrected chi connectivity index (χ0v) is 18.1. The van der Waals surface area contributed by atoms with Crippen LogP contribution in [0.4, 0.5) is 0 Å². The van der Waals surface area contributed by atoms with Crippen LogP contribution >= 0.6 is 11.3 Å². The lowest BCUT2D eigenvalue weighted by atomic mass is 9.93. The molecule has 1 aliphatic rings. The summed E-state index contributed by atoms with van der Waals surface area (Å²) in [6.07, 6.45) is 0. The molecule has 1 aromatic heterocycles. The van der Waals surface area contributed by atoms with Gasteiger partial charge in [-0.1, -0.05) is 42.5 Å². The predicted molar refractivity (Wildman–Crippen MR) is 118 cm³/mol. The van der Waals surface area contributed by atoms with Gasteiger partial charge in [-0.3, -0.25) is 0 Å². The number of benzene rings is 2. The summed E-state index contributed by atoms with van der Waals surface area (Å²) in [7, 11) is -1.25. The van der Waals surface area contributed by atoms with E-state index in [-0.39, 0.29) is 12.0 Å². The van der Waals surface area contributed by atoms with Gasteiger partial charge in [0.05, 0.1) is 5.25 Å². The first kappa shape index (κ1) is 19.6. The number of nitrogens with one attached hydrogen (secondary N) is 1. The maximum Gasteiger partial charge on any atom is 0.214 e. The standard InChI is InChI=1S/C22H26N2O2S2/c1-15(2)28(25,26)23-21-13-24(3)12-19(21)16-8-10-17(11-9-16)20-14-27-22-7-5-4-6-18(20)22/h4-11,14-15,19,21,23H,12-13H2,1-3H3/t19-,21+/m1/s1. The van der Waals surface area contributed by atoms with Crippen LogP contribution in [0.15, 0.2) is 53.9 Å². The van der Waals surface area contributed by atoms with Crippen molar-refractivity contribution < 1.29 is 8.42 Å². The van der Waals surface area contributed by atoms with Crippen molar-refractivity contribution in [1.29, 1.82) is 0 Å². The van der Waals surface area contributed by atoms with E-state index in [0.717, 1.165) is 13.1 Å². The van der Waals surface area contributed by atoms with Gasteiger partial charge in [0.1, 0.15) is 0 Å². The van der Waals surface area contributed by atoms with E-state index in [1.807, 2.05) is 7.05 Å². The molecule has 0 saturated carbocycles. The van der Waals surface area contributed by atoms with Crippen LogP contribution in [0.2, 0.25) is 0 Å². The second-order valence-electron chi connectivity index (χ2n) is 7.91. The first-order chi connectivity index (χ1) is 13.3. The fraction of sp³-hybridized carbons (Fsp3) is 0.364. The minimum atomic E-state index is -3.29. The summed E-state index contributed by atoms with van der Waals surface area (Å²) in [5.74, 6) is 0.159. The number of likely N-dealkylation sites (tertiary alicyclic amines) is 1. The number of likely N-dealkylation sites (N-methyl/N-ethyl adjacent to an activating group) is 1. The molecule has 6 heteroatoms. The smallest absolute Gasteiger partial charge is 0.214 e. The van der Waals surface area contributed by atoms with Crippen molar-refractivity contribution in [2.75, 3.05) is 20.1 Å². The number of fused-ring (bicyclic) bond motifs is 1. The number of nitrogens with zero attached hydrogens (tertiary/aromatic N) is 1. The summed E-state index contributed by atoms with van der Waals surface area (Å²) in [6, 6.07) is 17.0. The van der Waals surface area contributed by atoms with Crippen molar-refractivity contribution in [3.63, 3.8) is 0 Å². The van der Waals surface area contributed by atoms with Gasteiger partial charge in [-0.2, -0.15) is 0 Å². The van der Waals surface area contributed by atoms with Crippen molar-refractivity contribution in [3.8, 4) is 11.1 Å². The summed E-state index contributed by atoms with van der Waals surface area (Å²) in [5.41, 5.74) is 3.64. The second kappa shape index (κ2) is 7.59. The minimum Gasteiger partial charge on any atom is -0.304 e. The monoisotopic (exact) mass is 414 g/mol. The minimum absolute atomic E-state index is 0.0924. The van der Waals surface area contributed by atoms with Crippen LogP contribution in [0.25, 0.3) is 21.2 Å². The van der Waals surface area contributed by atoms with E-state index in [4.69, 9.17) is 0 Å². The van der Waals surface area contributed by atoms with Gasteiger partial charge < -0.3 is 4.90 Å². The number of hydrogen-bond acceptors (Lipinski definition) is 4. The normalized spacial score (nSPS) is 21.0. The largest absolute Gasteiger partial charge is 0.304 e. The molecule has 2 atom stereocenters. The summed E-state index contributed by atoms with van der Waals surface area (Å²) in [6.45, 7) is 5.02. The number of thiophene rings is 1. The Morgan fingerprint density at radius 3 is 2.50 bits per heavy atom. The Labute approximate surface area is 171 Å². The highest BCUT2D eigenvalue weighted by atomic mass is 32.2. The van der Waals surface area contributed by atoms with Crippen molar-refractivity contribution in [3.05, 3.63) is 59.5 Å². The second-order valence-corrected chi connectivity index (χ2v) is 11.1. The third-order valence-corrected chi connectivity index (χ3v) is 8.41. The van der Waals surface area contributed by atoms with Crippen LogP contribution in [-0.2, 0) is 10.0 Å². The zero-order valence-electron chi connectivity index (χ0n) is 16.4. The first-order valence-corrected chi connectivity index (χ1v) is 12.0. The topological polar surface area (TPSA) is 49.4 Å². The fourth-order valence-electron chi connectivity index (χ4n) is 3.92. The number of hydrogen-bond donors (Lipinski definition) is 1. The van der Waals surface area contributed by atoms with E-state index in [9.17, 15) is 8.42 Å². The molecule has 1 saturated heterocycles. The predicted octanol–water partition coefficient (Wildman–Crippen LogP) is 4.29. The Morgan fingerprint density at radius 1 is 1.07 bits per heavy atom. The van der Waals surface area contributed by atoms with Gasteiger partial charge in [-0.15, -0.1) is 11.3 Å². The van der Waals surface area contributed by atoms with E-state index in [1.54, 1.807) is 25.2 Å². The summed E-state index contributed by atoms with van der Waals surface area (Å²) >= 11 is 1.76. The van der Waals surface area contributed by atoms with Gasteiger partial charge in [0.15, 0.2) is 0 Å². The van der Waals surface area contributed by atoms with Crippen LogP contribution in [0.1, 0.15) is 25.3 Å². The Bertz CT molecular complexity index is 1070. The molecule has 1 N–H and O–H groups in total. The van der Waals surface area contributed by atoms with Crippen molar-refractivity contribution >= 4 is 31.4 Å². The summed E-state index contributed by atoms with van der Waals surface area (Å²) in [4.78, 5) is 2.19. The first-order valence-electron chi connectivity index (χ1n) is 9.61. The molecule has 3 aromatic rings. The van der Waals surface area contributed by atoms with Gasteiger partial charge in [0.25, 0.3) is 0 Å². The van der Waals surface area contributed by atoms with E-state index in [1.165, 1.54) is 26.8 Å². The Hall–Kier alpha value is -1.73. The highest BCUT2D eigenvalue weighted by molar-refractivity contribution is 7.90. The number of rotatable bonds is 5. The molecule has 0 unspecified atom stereocenters. The summed E-state index contributed by atoms with van der Waals surface area (Å²) < 4.78 is 29.0. The molecule has 4 rings (SSSR count). The Kier molecular flexibility index (Phi) is 5.31. The molecule has 0 amide bonds. The zero-order chi connectivity index (χ0) is 19.9. The van der Waals surface area contributed by atoms with Crippen LogP contribution in [0.3, 0.4) is 0 Å². The van der Waals surface area contributed by atoms with Crippen LogP contribution in [-0.4, -0.2) is 44.7 Å². The molecular weight excluding hydrogens is 388 g/mol. The quantitative estimate of drug-likeness (QED) is 0.677. The van der Waals surface area contributed by atoms with E-state index < -0.39 is 15.3 Å². The molecule has 0 spiro atoms. The molecule has 1 fully saturated rings. The number of sulfonamides is 1. The van der Waals surface area contributed by atoms with Gasteiger partial charge in [-0.25, -0.2) is 13.1 Å². The lowest BCUT2D eigenvalue weighted by Gasteiger charge is -2.22. The molecule has 1 aliphatic heterocycles. The van der Waals surface area contributed by atoms with E-state index in [2.05, 4.69) is 63.5 Å². The van der Waals surface area contributed by atoms with E-state index >= 15 is 0 Å². The third kappa shape index (κ3) is 3.74. The lowest BCUT2D eigenvalue weighted by molar-refractivity contribution is 0.404. The van der Waals surface area contributed by atoms with Crippen molar-refractivity contribution in [2.45, 2.75) is 31.1 Å². The lowest BCUT2D eigenvalue weighted by Crippen LogP contribution is -2.42. The molecule has 28 heavy (non-hydrogen) atoms. The molecular formula is C22H26N2O2S2. The molecule has 0 radical (unpaired) electrons. The van der Waals surface area contributed by atoms with Crippen molar-refractivity contribution in [1.82, 2.24) is 9.62 Å². The summed E-state index contributed by atoms with van der Waals surface area (Å²) in [5, 5.41) is 3.07. The SMILES string of the molecule is CC(C)S(=O)(=O)N[C@H]1CN(C)C[C@@H]1c1ccc(-c2csc3ccccc23)cc1. The van der Waals surface area contributed by atoms with Gasteiger partial charge in [-0.05, 0) is 43.5 Å². The van der Waals surface area contributed by atoms with Gasteiger partial charge in [0.2, 0.25) is 10.0 Å². The van der Waals surface area contributed by atoms with Crippen LogP contribution in [0.5, 0.6) is 0 Å². The Balaban J connectivity index is 1.60.